The standard InChI is InChI=1S/C6H11IO3/c1-3-5(8)6(9)4(2-7)10-3/h3-6,8-9H,2H2,1H3/t3-,4+,5?,6-/m0/s1. The molecule has 0 saturated carbocycles. The van der Waals surface area contributed by atoms with Crippen LogP contribution in [0, 0.1) is 0 Å². The number of aliphatic hydroxyl groups excluding tert-OH is 2. The van der Waals surface area contributed by atoms with Gasteiger partial charge in [-0.25, -0.2) is 0 Å². The highest BCUT2D eigenvalue weighted by molar-refractivity contribution is 14.1. The Morgan fingerprint density at radius 3 is 2.20 bits per heavy atom. The van der Waals surface area contributed by atoms with Gasteiger partial charge in [-0.3, -0.25) is 0 Å². The third kappa shape index (κ3) is 1.44. The van der Waals surface area contributed by atoms with Gasteiger partial charge in [0.2, 0.25) is 0 Å². The lowest BCUT2D eigenvalue weighted by molar-refractivity contribution is 0.0308. The Bertz CT molecular complexity index is 120. The molecule has 0 aliphatic carbocycles. The molecule has 1 saturated heterocycles. The van der Waals surface area contributed by atoms with E-state index in [2.05, 4.69) is 22.6 Å². The van der Waals surface area contributed by atoms with Crippen LogP contribution >= 0.6 is 22.6 Å². The molecule has 1 rings (SSSR count). The lowest BCUT2D eigenvalue weighted by Crippen LogP contribution is -2.32. The minimum Gasteiger partial charge on any atom is -0.388 e. The van der Waals surface area contributed by atoms with Gasteiger partial charge in [-0.2, -0.15) is 0 Å². The highest BCUT2D eigenvalue weighted by atomic mass is 127. The molecule has 60 valence electrons. The lowest BCUT2D eigenvalue weighted by Gasteiger charge is -2.10. The summed E-state index contributed by atoms with van der Waals surface area (Å²) in [6.07, 6.45) is -1.83. The molecule has 0 bridgehead atoms. The molecule has 1 aliphatic rings. The van der Waals surface area contributed by atoms with Crippen molar-refractivity contribution in [2.24, 2.45) is 0 Å². The zero-order valence-corrected chi connectivity index (χ0v) is 7.85. The second-order valence-corrected chi connectivity index (χ2v) is 3.40. The number of hydrogen-bond acceptors (Lipinski definition) is 3. The molecule has 1 aliphatic heterocycles. The van der Waals surface area contributed by atoms with Gasteiger partial charge in [0.1, 0.15) is 12.2 Å². The lowest BCUT2D eigenvalue weighted by atomic mass is 10.1. The summed E-state index contributed by atoms with van der Waals surface area (Å²) in [5.41, 5.74) is 0. The molecule has 0 aromatic heterocycles. The summed E-state index contributed by atoms with van der Waals surface area (Å²) in [6, 6.07) is 0. The van der Waals surface area contributed by atoms with E-state index in [1.54, 1.807) is 6.92 Å². The zero-order valence-electron chi connectivity index (χ0n) is 5.70. The monoisotopic (exact) mass is 258 g/mol. The molecule has 4 heteroatoms. The van der Waals surface area contributed by atoms with Gasteiger partial charge in [0, 0.05) is 4.43 Å². The normalized spacial score (nSPS) is 48.0. The van der Waals surface area contributed by atoms with E-state index < -0.39 is 12.2 Å². The molecule has 0 amide bonds. The Kier molecular flexibility index (Phi) is 2.91. The van der Waals surface area contributed by atoms with Crippen LogP contribution in [0.25, 0.3) is 0 Å². The van der Waals surface area contributed by atoms with E-state index in [0.717, 1.165) is 4.43 Å². The van der Waals surface area contributed by atoms with Gasteiger partial charge < -0.3 is 14.9 Å². The van der Waals surface area contributed by atoms with Gasteiger partial charge in [-0.1, -0.05) is 22.6 Å². The van der Waals surface area contributed by atoms with E-state index in [-0.39, 0.29) is 12.2 Å². The van der Waals surface area contributed by atoms with Crippen LogP contribution in [0.5, 0.6) is 0 Å². The highest BCUT2D eigenvalue weighted by Crippen LogP contribution is 2.21. The van der Waals surface area contributed by atoms with E-state index >= 15 is 0 Å². The van der Waals surface area contributed by atoms with E-state index in [1.807, 2.05) is 0 Å². The first-order chi connectivity index (χ1) is 4.66. The largest absolute Gasteiger partial charge is 0.388 e. The predicted molar refractivity (Wildman–Crippen MR) is 45.2 cm³/mol. The van der Waals surface area contributed by atoms with Crippen LogP contribution in [0.3, 0.4) is 0 Å². The summed E-state index contributed by atoms with van der Waals surface area (Å²) in [5, 5.41) is 18.4. The first kappa shape index (κ1) is 8.70. The van der Waals surface area contributed by atoms with Crippen LogP contribution in [0.15, 0.2) is 0 Å². The number of halogens is 1. The second-order valence-electron chi connectivity index (χ2n) is 2.52. The van der Waals surface area contributed by atoms with E-state index in [9.17, 15) is 10.2 Å². The first-order valence-electron chi connectivity index (χ1n) is 3.24. The summed E-state index contributed by atoms with van der Waals surface area (Å²) in [4.78, 5) is 0. The molecule has 1 heterocycles. The summed E-state index contributed by atoms with van der Waals surface area (Å²) in [6.45, 7) is 1.76. The summed E-state index contributed by atoms with van der Waals surface area (Å²) < 4.78 is 5.95. The Morgan fingerprint density at radius 1 is 1.40 bits per heavy atom. The predicted octanol–water partition coefficient (Wildman–Crippen LogP) is -0.0695. The van der Waals surface area contributed by atoms with Gasteiger partial charge in [0.15, 0.2) is 0 Å². The molecular formula is C6H11IO3. The van der Waals surface area contributed by atoms with Crippen molar-refractivity contribution in [3.63, 3.8) is 0 Å². The quantitative estimate of drug-likeness (QED) is 0.511. The van der Waals surface area contributed by atoms with Crippen molar-refractivity contribution >= 4 is 22.6 Å². The van der Waals surface area contributed by atoms with Crippen LogP contribution < -0.4 is 0 Å². The Labute approximate surface area is 73.5 Å². The molecule has 4 atom stereocenters. The SMILES string of the molecule is C[C@@H]1O[C@H](CI)[C@H](O)C1O. The molecule has 1 fully saturated rings. The molecule has 0 spiro atoms. The van der Waals surface area contributed by atoms with Crippen molar-refractivity contribution in [2.45, 2.75) is 31.3 Å². The van der Waals surface area contributed by atoms with Gasteiger partial charge in [-0.05, 0) is 6.92 Å². The van der Waals surface area contributed by atoms with Crippen molar-refractivity contribution < 1.29 is 14.9 Å². The highest BCUT2D eigenvalue weighted by Gasteiger charge is 2.39. The van der Waals surface area contributed by atoms with Crippen LogP contribution in [0.1, 0.15) is 6.92 Å². The van der Waals surface area contributed by atoms with E-state index in [1.165, 1.54) is 0 Å². The first-order valence-corrected chi connectivity index (χ1v) is 4.77. The fourth-order valence-corrected chi connectivity index (χ4v) is 1.79. The molecule has 1 unspecified atom stereocenters. The average Bonchev–Trinajstić information content (AvgIpc) is 2.17. The topological polar surface area (TPSA) is 49.7 Å². The number of rotatable bonds is 1. The maximum atomic E-state index is 9.25. The van der Waals surface area contributed by atoms with Crippen LogP contribution in [0.2, 0.25) is 0 Å². The van der Waals surface area contributed by atoms with Gasteiger partial charge in [0.25, 0.3) is 0 Å². The number of ether oxygens (including phenoxy) is 1. The van der Waals surface area contributed by atoms with Crippen molar-refractivity contribution in [2.75, 3.05) is 4.43 Å². The Hall–Kier alpha value is 0.610. The summed E-state index contributed by atoms with van der Waals surface area (Å²) >= 11 is 2.13. The van der Waals surface area contributed by atoms with Crippen molar-refractivity contribution in [3.05, 3.63) is 0 Å². The van der Waals surface area contributed by atoms with Crippen LogP contribution in [0.4, 0.5) is 0 Å². The smallest absolute Gasteiger partial charge is 0.109 e. The van der Waals surface area contributed by atoms with E-state index in [4.69, 9.17) is 4.74 Å². The van der Waals surface area contributed by atoms with Crippen LogP contribution in [-0.4, -0.2) is 39.1 Å². The molecule has 10 heavy (non-hydrogen) atoms. The second kappa shape index (κ2) is 3.34. The third-order valence-electron chi connectivity index (χ3n) is 1.75. The Morgan fingerprint density at radius 2 is 2.00 bits per heavy atom. The van der Waals surface area contributed by atoms with Gasteiger partial charge in [-0.15, -0.1) is 0 Å². The van der Waals surface area contributed by atoms with Crippen molar-refractivity contribution in [3.8, 4) is 0 Å². The molecule has 2 N–H and O–H groups in total. The van der Waals surface area contributed by atoms with Crippen LogP contribution in [-0.2, 0) is 4.74 Å². The minimum absolute atomic E-state index is 0.189. The maximum absolute atomic E-state index is 9.25. The van der Waals surface area contributed by atoms with Crippen molar-refractivity contribution in [1.29, 1.82) is 0 Å². The van der Waals surface area contributed by atoms with Gasteiger partial charge >= 0.3 is 0 Å². The molecule has 0 radical (unpaired) electrons. The fourth-order valence-electron chi connectivity index (χ4n) is 1.06. The minimum atomic E-state index is -0.709. The number of alkyl halides is 1. The molecule has 3 nitrogen and oxygen atoms in total. The van der Waals surface area contributed by atoms with E-state index in [0.29, 0.717) is 0 Å². The Balaban J connectivity index is 2.53. The molecular weight excluding hydrogens is 247 g/mol. The summed E-state index contributed by atoms with van der Waals surface area (Å²) in [5.74, 6) is 0. The third-order valence-corrected chi connectivity index (χ3v) is 2.62. The molecule has 0 aromatic carbocycles. The van der Waals surface area contributed by atoms with Crippen molar-refractivity contribution in [1.82, 2.24) is 0 Å². The maximum Gasteiger partial charge on any atom is 0.109 e. The van der Waals surface area contributed by atoms with Gasteiger partial charge in [0.05, 0.1) is 12.2 Å². The summed E-state index contributed by atoms with van der Waals surface area (Å²) in [7, 11) is 0. The number of hydrogen-bond donors (Lipinski definition) is 2. The number of aliphatic hydroxyl groups is 2. The zero-order chi connectivity index (χ0) is 7.72. The average molecular weight is 258 g/mol. The fraction of sp³-hybridized carbons (Fsp3) is 1.00. The molecule has 0 aromatic rings.